The van der Waals surface area contributed by atoms with E-state index in [1.165, 1.54) is 12.5 Å². The van der Waals surface area contributed by atoms with Crippen LogP contribution in [0.3, 0.4) is 0 Å². The summed E-state index contributed by atoms with van der Waals surface area (Å²) in [5, 5.41) is 5.38. The van der Waals surface area contributed by atoms with Crippen molar-refractivity contribution in [3.05, 3.63) is 35.4 Å². The Morgan fingerprint density at radius 3 is 2.35 bits per heavy atom. The Kier molecular flexibility index (Phi) is 5.20. The minimum atomic E-state index is -0.115. The summed E-state index contributed by atoms with van der Waals surface area (Å²) < 4.78 is 0. The summed E-state index contributed by atoms with van der Waals surface area (Å²) in [6.07, 6.45) is 0.311. The standard InChI is InChI=1S/C13H18N2O2/c1-10-3-5-12(6-4-10)9-15-13(17)7-8-14-11(2)16/h3-6H,7-9H2,1-2H3,(H,14,16)(H,15,17). The van der Waals surface area contributed by atoms with Crippen LogP contribution in [-0.2, 0) is 16.1 Å². The first-order valence-electron chi connectivity index (χ1n) is 5.64. The Labute approximate surface area is 101 Å². The normalized spacial score (nSPS) is 9.76. The van der Waals surface area contributed by atoms with Crippen LogP contribution in [0.1, 0.15) is 24.5 Å². The van der Waals surface area contributed by atoms with Crippen molar-refractivity contribution in [3.63, 3.8) is 0 Å². The van der Waals surface area contributed by atoms with Gasteiger partial charge in [-0.15, -0.1) is 0 Å². The average Bonchev–Trinajstić information content (AvgIpc) is 2.28. The third kappa shape index (κ3) is 5.70. The number of amides is 2. The maximum Gasteiger partial charge on any atom is 0.222 e. The average molecular weight is 234 g/mol. The molecule has 0 radical (unpaired) electrons. The smallest absolute Gasteiger partial charge is 0.222 e. The molecule has 0 spiro atoms. The molecule has 0 atom stereocenters. The number of rotatable bonds is 5. The van der Waals surface area contributed by atoms with Gasteiger partial charge in [-0.25, -0.2) is 0 Å². The minimum Gasteiger partial charge on any atom is -0.356 e. The molecule has 4 heteroatoms. The molecule has 0 unspecified atom stereocenters. The Hall–Kier alpha value is -1.84. The molecule has 0 aliphatic heterocycles. The highest BCUT2D eigenvalue weighted by Crippen LogP contribution is 2.02. The molecule has 0 bridgehead atoms. The zero-order valence-corrected chi connectivity index (χ0v) is 10.2. The fourth-order valence-corrected chi connectivity index (χ4v) is 1.35. The van der Waals surface area contributed by atoms with E-state index in [4.69, 9.17) is 0 Å². The van der Waals surface area contributed by atoms with E-state index >= 15 is 0 Å². The fourth-order valence-electron chi connectivity index (χ4n) is 1.35. The van der Waals surface area contributed by atoms with Gasteiger partial charge in [0.25, 0.3) is 0 Å². The van der Waals surface area contributed by atoms with E-state index < -0.39 is 0 Å². The van der Waals surface area contributed by atoms with Crippen LogP contribution in [0.4, 0.5) is 0 Å². The van der Waals surface area contributed by atoms with E-state index in [0.29, 0.717) is 19.5 Å². The second-order valence-corrected chi connectivity index (χ2v) is 4.00. The molecule has 4 nitrogen and oxygen atoms in total. The molecule has 2 N–H and O–H groups in total. The molecular formula is C13H18N2O2. The van der Waals surface area contributed by atoms with E-state index in [1.807, 2.05) is 31.2 Å². The lowest BCUT2D eigenvalue weighted by Gasteiger charge is -2.06. The van der Waals surface area contributed by atoms with Gasteiger partial charge in [0, 0.05) is 26.4 Å². The van der Waals surface area contributed by atoms with Crippen LogP contribution in [0.2, 0.25) is 0 Å². The summed E-state index contributed by atoms with van der Waals surface area (Å²) in [4.78, 5) is 22.0. The van der Waals surface area contributed by atoms with Crippen LogP contribution in [-0.4, -0.2) is 18.4 Å². The highest BCUT2D eigenvalue weighted by Gasteiger charge is 2.01. The van der Waals surface area contributed by atoms with E-state index in [1.54, 1.807) is 0 Å². The molecule has 0 aromatic heterocycles. The van der Waals surface area contributed by atoms with Gasteiger partial charge < -0.3 is 10.6 Å². The van der Waals surface area contributed by atoms with E-state index in [0.717, 1.165) is 5.56 Å². The summed E-state index contributed by atoms with van der Waals surface area (Å²) in [6, 6.07) is 8.00. The first kappa shape index (κ1) is 13.2. The van der Waals surface area contributed by atoms with Gasteiger partial charge in [-0.05, 0) is 12.5 Å². The lowest BCUT2D eigenvalue weighted by molar-refractivity contribution is -0.121. The summed E-state index contributed by atoms with van der Waals surface area (Å²) in [7, 11) is 0. The van der Waals surface area contributed by atoms with Crippen molar-refractivity contribution >= 4 is 11.8 Å². The monoisotopic (exact) mass is 234 g/mol. The summed E-state index contributed by atoms with van der Waals surface area (Å²) in [5.41, 5.74) is 2.27. The van der Waals surface area contributed by atoms with E-state index in [9.17, 15) is 9.59 Å². The molecular weight excluding hydrogens is 216 g/mol. The SMILES string of the molecule is CC(=O)NCCC(=O)NCc1ccc(C)cc1. The zero-order valence-electron chi connectivity index (χ0n) is 10.2. The van der Waals surface area contributed by atoms with E-state index in [-0.39, 0.29) is 11.8 Å². The zero-order chi connectivity index (χ0) is 12.7. The Morgan fingerprint density at radius 2 is 1.76 bits per heavy atom. The topological polar surface area (TPSA) is 58.2 Å². The molecule has 0 heterocycles. The molecule has 92 valence electrons. The second-order valence-electron chi connectivity index (χ2n) is 4.00. The van der Waals surface area contributed by atoms with Crippen molar-refractivity contribution < 1.29 is 9.59 Å². The lowest BCUT2D eigenvalue weighted by atomic mass is 10.1. The van der Waals surface area contributed by atoms with Crippen molar-refractivity contribution in [2.75, 3.05) is 6.54 Å². The van der Waals surface area contributed by atoms with Crippen molar-refractivity contribution in [3.8, 4) is 0 Å². The van der Waals surface area contributed by atoms with Crippen molar-refractivity contribution in [2.45, 2.75) is 26.8 Å². The quantitative estimate of drug-likeness (QED) is 0.802. The molecule has 2 amide bonds. The van der Waals surface area contributed by atoms with Crippen LogP contribution in [0.5, 0.6) is 0 Å². The minimum absolute atomic E-state index is 0.0562. The maximum atomic E-state index is 11.4. The van der Waals surface area contributed by atoms with Crippen LogP contribution in [0.15, 0.2) is 24.3 Å². The predicted octanol–water partition coefficient (Wildman–Crippen LogP) is 1.14. The molecule has 0 saturated heterocycles. The maximum absolute atomic E-state index is 11.4. The van der Waals surface area contributed by atoms with Gasteiger partial charge in [0.1, 0.15) is 0 Å². The first-order chi connectivity index (χ1) is 8.08. The summed E-state index contributed by atoms with van der Waals surface area (Å²) >= 11 is 0. The fraction of sp³-hybridized carbons (Fsp3) is 0.385. The number of hydrogen-bond acceptors (Lipinski definition) is 2. The molecule has 0 aliphatic rings. The summed E-state index contributed by atoms with van der Waals surface area (Å²) in [6.45, 7) is 4.37. The number of benzene rings is 1. The lowest BCUT2D eigenvalue weighted by Crippen LogP contribution is -2.29. The van der Waals surface area contributed by atoms with Gasteiger partial charge in [0.2, 0.25) is 11.8 Å². The molecule has 0 aliphatic carbocycles. The molecule has 0 saturated carbocycles. The highest BCUT2D eigenvalue weighted by molar-refractivity contribution is 5.77. The molecule has 1 rings (SSSR count). The van der Waals surface area contributed by atoms with Gasteiger partial charge in [0.05, 0.1) is 0 Å². The van der Waals surface area contributed by atoms with Gasteiger partial charge in [-0.1, -0.05) is 29.8 Å². The Morgan fingerprint density at radius 1 is 1.12 bits per heavy atom. The van der Waals surface area contributed by atoms with Gasteiger partial charge in [-0.3, -0.25) is 9.59 Å². The number of carbonyl (C=O) groups is 2. The second kappa shape index (κ2) is 6.68. The predicted molar refractivity (Wildman–Crippen MR) is 66.3 cm³/mol. The van der Waals surface area contributed by atoms with Gasteiger partial charge in [0.15, 0.2) is 0 Å². The van der Waals surface area contributed by atoms with Crippen molar-refractivity contribution in [1.29, 1.82) is 0 Å². The van der Waals surface area contributed by atoms with E-state index in [2.05, 4.69) is 10.6 Å². The Balaban J connectivity index is 2.23. The molecule has 1 aromatic rings. The van der Waals surface area contributed by atoms with Crippen LogP contribution >= 0.6 is 0 Å². The third-order valence-corrected chi connectivity index (χ3v) is 2.34. The van der Waals surface area contributed by atoms with Gasteiger partial charge in [-0.2, -0.15) is 0 Å². The van der Waals surface area contributed by atoms with Gasteiger partial charge >= 0.3 is 0 Å². The molecule has 0 fully saturated rings. The first-order valence-corrected chi connectivity index (χ1v) is 5.64. The van der Waals surface area contributed by atoms with Crippen LogP contribution in [0.25, 0.3) is 0 Å². The number of nitrogens with one attached hydrogen (secondary N) is 2. The number of hydrogen-bond donors (Lipinski definition) is 2. The largest absolute Gasteiger partial charge is 0.356 e. The molecule has 17 heavy (non-hydrogen) atoms. The van der Waals surface area contributed by atoms with Crippen molar-refractivity contribution in [2.24, 2.45) is 0 Å². The van der Waals surface area contributed by atoms with Crippen molar-refractivity contribution in [1.82, 2.24) is 10.6 Å². The Bertz CT molecular complexity index is 385. The number of aryl methyl sites for hydroxylation is 1. The summed E-state index contributed by atoms with van der Waals surface area (Å²) in [5.74, 6) is -0.171. The third-order valence-electron chi connectivity index (χ3n) is 2.34. The van der Waals surface area contributed by atoms with Crippen LogP contribution < -0.4 is 10.6 Å². The number of carbonyl (C=O) groups excluding carboxylic acids is 2. The van der Waals surface area contributed by atoms with Crippen LogP contribution in [0, 0.1) is 6.92 Å². The highest BCUT2D eigenvalue weighted by atomic mass is 16.2. The molecule has 1 aromatic carbocycles.